The van der Waals surface area contributed by atoms with Crippen LogP contribution in [0.1, 0.15) is 50.7 Å². The van der Waals surface area contributed by atoms with Gasteiger partial charge in [-0.05, 0) is 29.0 Å². The summed E-state index contributed by atoms with van der Waals surface area (Å²) >= 11 is 0. The van der Waals surface area contributed by atoms with E-state index in [9.17, 15) is 4.79 Å². The molecule has 0 saturated heterocycles. The van der Waals surface area contributed by atoms with Crippen LogP contribution in [-0.2, 0) is 0 Å². The average Bonchev–Trinajstić information content (AvgIpc) is 2.54. The van der Waals surface area contributed by atoms with Crippen molar-refractivity contribution in [3.05, 3.63) is 69.9 Å². The Hall–Kier alpha value is -2.35. The molecule has 0 atom stereocenters. The smallest absolute Gasteiger partial charge is 0.193 e. The van der Waals surface area contributed by atoms with Crippen molar-refractivity contribution in [1.82, 2.24) is 0 Å². The highest BCUT2D eigenvalue weighted by Gasteiger charge is 2.12. The number of fused-ring (bicyclic) bond motifs is 1. The summed E-state index contributed by atoms with van der Waals surface area (Å²) in [6.45, 7) is 8.51. The fourth-order valence-electron chi connectivity index (χ4n) is 2.89. The first kappa shape index (κ1) is 15.5. The fraction of sp³-hybridized carbons (Fsp3) is 0.286. The second-order valence-electron chi connectivity index (χ2n) is 6.63. The van der Waals surface area contributed by atoms with Crippen molar-refractivity contribution in [3.63, 3.8) is 0 Å². The first-order valence-corrected chi connectivity index (χ1v) is 8.14. The van der Waals surface area contributed by atoms with Gasteiger partial charge in [-0.1, -0.05) is 64.1 Å². The second kappa shape index (κ2) is 6.04. The third-order valence-electron chi connectivity index (χ3n) is 4.27. The standard InChI is InChI=1S/C21H22O2/c1-13(2)15-8-10-16(11-9-15)20-12-18(22)21-17(14(3)4)6-5-7-19(21)23-20/h5-14H,1-4H3. The van der Waals surface area contributed by atoms with Crippen molar-refractivity contribution < 1.29 is 4.42 Å². The highest BCUT2D eigenvalue weighted by Crippen LogP contribution is 2.27. The summed E-state index contributed by atoms with van der Waals surface area (Å²) < 4.78 is 6.02. The van der Waals surface area contributed by atoms with E-state index in [0.29, 0.717) is 22.6 Å². The molecule has 0 aliphatic heterocycles. The van der Waals surface area contributed by atoms with Crippen molar-refractivity contribution in [2.45, 2.75) is 39.5 Å². The van der Waals surface area contributed by atoms with E-state index in [-0.39, 0.29) is 11.3 Å². The Balaban J connectivity index is 2.15. The van der Waals surface area contributed by atoms with Crippen LogP contribution in [0.3, 0.4) is 0 Å². The number of benzene rings is 2. The minimum Gasteiger partial charge on any atom is -0.456 e. The average molecular weight is 306 g/mol. The molecular weight excluding hydrogens is 284 g/mol. The molecule has 0 bridgehead atoms. The van der Waals surface area contributed by atoms with Gasteiger partial charge in [0, 0.05) is 11.6 Å². The summed E-state index contributed by atoms with van der Waals surface area (Å²) in [5.41, 5.74) is 3.94. The van der Waals surface area contributed by atoms with E-state index in [4.69, 9.17) is 4.42 Å². The molecule has 0 saturated carbocycles. The van der Waals surface area contributed by atoms with Crippen molar-refractivity contribution in [3.8, 4) is 11.3 Å². The van der Waals surface area contributed by atoms with Crippen LogP contribution in [0.4, 0.5) is 0 Å². The summed E-state index contributed by atoms with van der Waals surface area (Å²) in [4.78, 5) is 12.6. The summed E-state index contributed by atoms with van der Waals surface area (Å²) in [7, 11) is 0. The topological polar surface area (TPSA) is 30.2 Å². The Kier molecular flexibility index (Phi) is 4.08. The molecule has 0 fully saturated rings. The van der Waals surface area contributed by atoms with Crippen LogP contribution in [0.25, 0.3) is 22.3 Å². The number of rotatable bonds is 3. The van der Waals surface area contributed by atoms with Gasteiger partial charge in [-0.15, -0.1) is 0 Å². The molecule has 2 aromatic carbocycles. The normalized spacial score (nSPS) is 11.6. The molecule has 0 radical (unpaired) electrons. The first-order valence-electron chi connectivity index (χ1n) is 8.14. The molecule has 2 heteroatoms. The monoisotopic (exact) mass is 306 g/mol. The van der Waals surface area contributed by atoms with Gasteiger partial charge in [0.05, 0.1) is 5.39 Å². The zero-order valence-electron chi connectivity index (χ0n) is 14.1. The van der Waals surface area contributed by atoms with Crippen molar-refractivity contribution in [2.24, 2.45) is 0 Å². The molecule has 2 nitrogen and oxygen atoms in total. The third kappa shape index (κ3) is 2.94. The van der Waals surface area contributed by atoms with Gasteiger partial charge in [0.1, 0.15) is 11.3 Å². The molecular formula is C21H22O2. The Morgan fingerprint density at radius 2 is 1.57 bits per heavy atom. The first-order chi connectivity index (χ1) is 11.0. The van der Waals surface area contributed by atoms with Crippen molar-refractivity contribution >= 4 is 11.0 Å². The van der Waals surface area contributed by atoms with E-state index in [1.807, 2.05) is 30.3 Å². The minimum atomic E-state index is 0.0264. The summed E-state index contributed by atoms with van der Waals surface area (Å²) in [6.07, 6.45) is 0. The maximum atomic E-state index is 12.6. The molecule has 118 valence electrons. The lowest BCUT2D eigenvalue weighted by Crippen LogP contribution is -2.05. The van der Waals surface area contributed by atoms with Gasteiger partial charge in [-0.3, -0.25) is 4.79 Å². The van der Waals surface area contributed by atoms with Crippen LogP contribution < -0.4 is 5.43 Å². The minimum absolute atomic E-state index is 0.0264. The summed E-state index contributed by atoms with van der Waals surface area (Å²) in [5, 5.41) is 0.699. The van der Waals surface area contributed by atoms with Gasteiger partial charge < -0.3 is 4.42 Å². The van der Waals surface area contributed by atoms with E-state index in [2.05, 4.69) is 39.8 Å². The van der Waals surface area contributed by atoms with E-state index in [1.165, 1.54) is 5.56 Å². The van der Waals surface area contributed by atoms with Crippen LogP contribution in [0.5, 0.6) is 0 Å². The fourth-order valence-corrected chi connectivity index (χ4v) is 2.89. The number of hydrogen-bond acceptors (Lipinski definition) is 2. The highest BCUT2D eigenvalue weighted by molar-refractivity contribution is 5.82. The van der Waals surface area contributed by atoms with Gasteiger partial charge in [0.15, 0.2) is 5.43 Å². The second-order valence-corrected chi connectivity index (χ2v) is 6.63. The molecule has 3 aromatic rings. The van der Waals surface area contributed by atoms with Crippen LogP contribution in [0.2, 0.25) is 0 Å². The van der Waals surface area contributed by atoms with Crippen molar-refractivity contribution in [1.29, 1.82) is 0 Å². The molecule has 0 unspecified atom stereocenters. The Morgan fingerprint density at radius 1 is 0.870 bits per heavy atom. The molecule has 0 aliphatic carbocycles. The Labute approximate surface area is 136 Å². The zero-order chi connectivity index (χ0) is 16.6. The van der Waals surface area contributed by atoms with E-state index < -0.39 is 0 Å². The van der Waals surface area contributed by atoms with Crippen LogP contribution in [-0.4, -0.2) is 0 Å². The molecule has 0 aliphatic rings. The molecule has 0 amide bonds. The van der Waals surface area contributed by atoms with Gasteiger partial charge in [0.2, 0.25) is 0 Å². The van der Waals surface area contributed by atoms with Gasteiger partial charge in [-0.25, -0.2) is 0 Å². The summed E-state index contributed by atoms with van der Waals surface area (Å²) in [6, 6.07) is 15.7. The van der Waals surface area contributed by atoms with Crippen LogP contribution in [0.15, 0.2) is 57.7 Å². The molecule has 1 aromatic heterocycles. The zero-order valence-corrected chi connectivity index (χ0v) is 14.1. The Bertz CT molecular complexity index is 884. The predicted molar refractivity (Wildman–Crippen MR) is 96.1 cm³/mol. The van der Waals surface area contributed by atoms with E-state index in [1.54, 1.807) is 6.07 Å². The van der Waals surface area contributed by atoms with Gasteiger partial charge in [-0.2, -0.15) is 0 Å². The maximum absolute atomic E-state index is 12.6. The van der Waals surface area contributed by atoms with Crippen LogP contribution in [0, 0.1) is 0 Å². The molecule has 0 N–H and O–H groups in total. The predicted octanol–water partition coefficient (Wildman–Crippen LogP) is 5.71. The number of hydrogen-bond donors (Lipinski definition) is 0. The summed E-state index contributed by atoms with van der Waals surface area (Å²) in [5.74, 6) is 1.40. The maximum Gasteiger partial charge on any atom is 0.193 e. The van der Waals surface area contributed by atoms with Crippen LogP contribution >= 0.6 is 0 Å². The van der Waals surface area contributed by atoms with Crippen molar-refractivity contribution in [2.75, 3.05) is 0 Å². The Morgan fingerprint density at radius 3 is 2.17 bits per heavy atom. The van der Waals surface area contributed by atoms with Gasteiger partial charge in [0.25, 0.3) is 0 Å². The molecule has 0 spiro atoms. The molecule has 23 heavy (non-hydrogen) atoms. The lowest BCUT2D eigenvalue weighted by Gasteiger charge is -2.10. The molecule has 1 heterocycles. The molecule has 3 rings (SSSR count). The largest absolute Gasteiger partial charge is 0.456 e. The SMILES string of the molecule is CC(C)c1ccc(-c2cc(=O)c3c(C(C)C)cccc3o2)cc1. The lowest BCUT2D eigenvalue weighted by molar-refractivity contribution is 0.618. The van der Waals surface area contributed by atoms with E-state index in [0.717, 1.165) is 11.1 Å². The quantitative estimate of drug-likeness (QED) is 0.620. The van der Waals surface area contributed by atoms with E-state index >= 15 is 0 Å². The lowest BCUT2D eigenvalue weighted by atomic mass is 9.97. The highest BCUT2D eigenvalue weighted by atomic mass is 16.3. The third-order valence-corrected chi connectivity index (χ3v) is 4.27. The van der Waals surface area contributed by atoms with Gasteiger partial charge >= 0.3 is 0 Å².